The van der Waals surface area contributed by atoms with E-state index >= 15 is 0 Å². The van der Waals surface area contributed by atoms with E-state index in [-0.39, 0.29) is 30.3 Å². The molecule has 1 aromatic heterocycles. The van der Waals surface area contributed by atoms with Crippen LogP contribution < -0.4 is 20.1 Å². The first kappa shape index (κ1) is 29.9. The quantitative estimate of drug-likeness (QED) is 0.350. The van der Waals surface area contributed by atoms with Crippen molar-refractivity contribution >= 4 is 23.3 Å². The number of methoxy groups -OCH3 is 1. The average molecular weight is 566 g/mol. The number of anilines is 2. The Morgan fingerprint density at radius 3 is 2.59 bits per heavy atom. The van der Waals surface area contributed by atoms with E-state index in [1.807, 2.05) is 45.2 Å². The molecule has 220 valence electrons. The highest BCUT2D eigenvalue weighted by Crippen LogP contribution is 2.35. The minimum atomic E-state index is -0.521. The van der Waals surface area contributed by atoms with Crippen LogP contribution in [0.5, 0.6) is 11.5 Å². The lowest BCUT2D eigenvalue weighted by atomic mass is 9.99. The zero-order valence-corrected chi connectivity index (χ0v) is 24.4. The molecule has 4 rings (SSSR count). The Balaban J connectivity index is 1.62. The van der Waals surface area contributed by atoms with E-state index < -0.39 is 12.1 Å². The van der Waals surface area contributed by atoms with Crippen molar-refractivity contribution < 1.29 is 28.7 Å². The third kappa shape index (κ3) is 6.98. The zero-order valence-electron chi connectivity index (χ0n) is 24.4. The van der Waals surface area contributed by atoms with Crippen molar-refractivity contribution in [1.29, 1.82) is 0 Å². The van der Waals surface area contributed by atoms with Crippen LogP contribution in [-0.2, 0) is 6.54 Å². The topological polar surface area (TPSA) is 129 Å². The molecule has 3 amide bonds. The summed E-state index contributed by atoms with van der Waals surface area (Å²) < 4.78 is 17.0. The van der Waals surface area contributed by atoms with Crippen molar-refractivity contribution in [3.63, 3.8) is 0 Å². The number of benzene rings is 2. The van der Waals surface area contributed by atoms with Crippen LogP contribution in [0.25, 0.3) is 0 Å². The molecule has 3 N–H and O–H groups in total. The SMILES string of the molecule is COc1ccc(CN(C)C[C@@H]2Oc3c(NC(=O)Nc4c(C)noc4C)cccc3C(=O)N([C@H](C)CO)C[C@@H]2C)cc1. The molecule has 41 heavy (non-hydrogen) atoms. The van der Waals surface area contributed by atoms with Crippen LogP contribution in [0.4, 0.5) is 16.2 Å². The summed E-state index contributed by atoms with van der Waals surface area (Å²) in [7, 11) is 3.65. The van der Waals surface area contributed by atoms with Crippen LogP contribution in [0.15, 0.2) is 47.0 Å². The Hall–Kier alpha value is -4.09. The smallest absolute Gasteiger partial charge is 0.323 e. The number of fused-ring (bicyclic) bond motifs is 1. The van der Waals surface area contributed by atoms with Gasteiger partial charge in [-0.2, -0.15) is 0 Å². The van der Waals surface area contributed by atoms with Gasteiger partial charge in [0.2, 0.25) is 0 Å². The molecule has 0 spiro atoms. The van der Waals surface area contributed by atoms with Crippen LogP contribution in [0, 0.1) is 19.8 Å². The molecule has 0 bridgehead atoms. The maximum atomic E-state index is 13.7. The fourth-order valence-electron chi connectivity index (χ4n) is 4.90. The number of para-hydroxylation sites is 1. The van der Waals surface area contributed by atoms with Gasteiger partial charge < -0.3 is 34.6 Å². The summed E-state index contributed by atoms with van der Waals surface area (Å²) in [5, 5.41) is 19.4. The zero-order chi connectivity index (χ0) is 29.7. The lowest BCUT2D eigenvalue weighted by molar-refractivity contribution is 0.0343. The Morgan fingerprint density at radius 2 is 1.95 bits per heavy atom. The predicted molar refractivity (Wildman–Crippen MR) is 156 cm³/mol. The first-order valence-corrected chi connectivity index (χ1v) is 13.6. The molecule has 2 heterocycles. The molecular weight excluding hydrogens is 526 g/mol. The summed E-state index contributed by atoms with van der Waals surface area (Å²) in [5.74, 6) is 1.22. The van der Waals surface area contributed by atoms with Gasteiger partial charge in [-0.05, 0) is 57.6 Å². The van der Waals surface area contributed by atoms with Crippen LogP contribution in [0.1, 0.15) is 41.2 Å². The summed E-state index contributed by atoms with van der Waals surface area (Å²) in [5.41, 5.74) is 2.82. The second-order valence-corrected chi connectivity index (χ2v) is 10.6. The highest BCUT2D eigenvalue weighted by molar-refractivity contribution is 6.04. The normalized spacial score (nSPS) is 17.8. The molecule has 0 saturated heterocycles. The minimum absolute atomic E-state index is 0.0800. The number of aliphatic hydroxyl groups excluding tert-OH is 1. The Labute approximate surface area is 240 Å². The molecular formula is C30H39N5O6. The third-order valence-electron chi connectivity index (χ3n) is 7.31. The van der Waals surface area contributed by atoms with Crippen molar-refractivity contribution in [2.24, 2.45) is 5.92 Å². The molecule has 11 heteroatoms. The van der Waals surface area contributed by atoms with Crippen LogP contribution >= 0.6 is 0 Å². The van der Waals surface area contributed by atoms with Gasteiger partial charge >= 0.3 is 6.03 Å². The molecule has 0 saturated carbocycles. The first-order chi connectivity index (χ1) is 19.6. The van der Waals surface area contributed by atoms with Gasteiger partial charge in [0.1, 0.15) is 23.2 Å². The van der Waals surface area contributed by atoms with E-state index in [2.05, 4.69) is 20.7 Å². The Bertz CT molecular complexity index is 1340. The molecule has 0 radical (unpaired) electrons. The molecule has 0 fully saturated rings. The monoisotopic (exact) mass is 565 g/mol. The van der Waals surface area contributed by atoms with Crippen molar-refractivity contribution in [2.45, 2.75) is 46.4 Å². The predicted octanol–water partition coefficient (Wildman–Crippen LogP) is 4.30. The van der Waals surface area contributed by atoms with E-state index in [0.29, 0.717) is 48.0 Å². The molecule has 3 atom stereocenters. The van der Waals surface area contributed by atoms with Crippen molar-refractivity contribution in [1.82, 2.24) is 15.0 Å². The fourth-order valence-corrected chi connectivity index (χ4v) is 4.90. The van der Waals surface area contributed by atoms with Crippen molar-refractivity contribution in [3.05, 3.63) is 65.0 Å². The van der Waals surface area contributed by atoms with Crippen LogP contribution in [-0.4, -0.2) is 78.0 Å². The van der Waals surface area contributed by atoms with Gasteiger partial charge in [0.05, 0.1) is 31.0 Å². The number of nitrogens with zero attached hydrogens (tertiary/aromatic N) is 3. The Morgan fingerprint density at radius 1 is 1.22 bits per heavy atom. The summed E-state index contributed by atoms with van der Waals surface area (Å²) in [4.78, 5) is 30.5. The number of aliphatic hydroxyl groups is 1. The summed E-state index contributed by atoms with van der Waals surface area (Å²) in [6.45, 7) is 8.76. The van der Waals surface area contributed by atoms with E-state index in [0.717, 1.165) is 11.3 Å². The lowest BCUT2D eigenvalue weighted by Crippen LogP contribution is -2.49. The van der Waals surface area contributed by atoms with E-state index in [1.165, 1.54) is 0 Å². The first-order valence-electron chi connectivity index (χ1n) is 13.6. The van der Waals surface area contributed by atoms with E-state index in [9.17, 15) is 14.7 Å². The standard InChI is InChI=1S/C30H39N5O6/c1-18-14-35(19(2)17-36)29(37)24-8-7-9-25(31-30(38)32-27-20(3)33-41-21(27)4)28(24)40-26(18)16-34(5)15-22-10-12-23(39-6)13-11-22/h7-13,18-19,26,36H,14-17H2,1-6H3,(H2,31,32,38)/t18-,19+,26-/m0/s1. The highest BCUT2D eigenvalue weighted by Gasteiger charge is 2.34. The van der Waals surface area contributed by atoms with Gasteiger partial charge in [-0.15, -0.1) is 0 Å². The Kier molecular flexibility index (Phi) is 9.51. The van der Waals surface area contributed by atoms with Gasteiger partial charge in [-0.3, -0.25) is 9.69 Å². The lowest BCUT2D eigenvalue weighted by Gasteiger charge is -2.38. The maximum absolute atomic E-state index is 13.7. The minimum Gasteiger partial charge on any atom is -0.497 e. The number of aromatic nitrogens is 1. The number of ether oxygens (including phenoxy) is 2. The molecule has 1 aliphatic heterocycles. The van der Waals surface area contributed by atoms with Crippen LogP contribution in [0.2, 0.25) is 0 Å². The number of carbonyl (C=O) groups is 2. The summed E-state index contributed by atoms with van der Waals surface area (Å²) >= 11 is 0. The van der Waals surface area contributed by atoms with Gasteiger partial charge in [-0.25, -0.2) is 4.79 Å². The average Bonchev–Trinajstić information content (AvgIpc) is 3.27. The van der Waals surface area contributed by atoms with Crippen molar-refractivity contribution in [3.8, 4) is 11.5 Å². The molecule has 0 aliphatic carbocycles. The third-order valence-corrected chi connectivity index (χ3v) is 7.31. The van der Waals surface area contributed by atoms with Gasteiger partial charge in [0.15, 0.2) is 11.5 Å². The fraction of sp³-hybridized carbons (Fsp3) is 0.433. The number of hydrogen-bond donors (Lipinski definition) is 3. The number of rotatable bonds is 9. The number of carbonyl (C=O) groups excluding carboxylic acids is 2. The molecule has 3 aromatic rings. The number of nitrogens with one attached hydrogen (secondary N) is 2. The van der Waals surface area contributed by atoms with Gasteiger partial charge in [0.25, 0.3) is 5.91 Å². The summed E-state index contributed by atoms with van der Waals surface area (Å²) in [6, 6.07) is 12.1. The maximum Gasteiger partial charge on any atom is 0.323 e. The highest BCUT2D eigenvalue weighted by atomic mass is 16.5. The second-order valence-electron chi connectivity index (χ2n) is 10.6. The largest absolute Gasteiger partial charge is 0.497 e. The number of likely N-dealkylation sites (N-methyl/N-ethyl adjacent to an activating group) is 1. The molecule has 2 aromatic carbocycles. The number of urea groups is 1. The van der Waals surface area contributed by atoms with E-state index in [1.54, 1.807) is 44.1 Å². The van der Waals surface area contributed by atoms with Gasteiger partial charge in [-0.1, -0.05) is 30.3 Å². The second kappa shape index (κ2) is 13.0. The number of amides is 3. The van der Waals surface area contributed by atoms with Gasteiger partial charge in [0, 0.05) is 25.6 Å². The van der Waals surface area contributed by atoms with Crippen molar-refractivity contribution in [2.75, 3.05) is 44.5 Å². The summed E-state index contributed by atoms with van der Waals surface area (Å²) in [6.07, 6.45) is -0.327. The number of hydrogen-bond acceptors (Lipinski definition) is 8. The molecule has 11 nitrogen and oxygen atoms in total. The molecule has 1 aliphatic rings. The van der Waals surface area contributed by atoms with E-state index in [4.69, 9.17) is 14.0 Å². The molecule has 0 unspecified atom stereocenters. The van der Waals surface area contributed by atoms with Crippen LogP contribution in [0.3, 0.4) is 0 Å². The number of aryl methyl sites for hydroxylation is 2.